The van der Waals surface area contributed by atoms with Crippen molar-refractivity contribution in [3.05, 3.63) is 28.8 Å². The van der Waals surface area contributed by atoms with Gasteiger partial charge in [0.15, 0.2) is 11.5 Å². The zero-order chi connectivity index (χ0) is 15.7. The summed E-state index contributed by atoms with van der Waals surface area (Å²) < 4.78 is 0. The fourth-order valence-corrected chi connectivity index (χ4v) is 2.25. The Morgan fingerprint density at radius 1 is 1.10 bits per heavy atom. The molecule has 0 aliphatic heterocycles. The first-order valence-corrected chi connectivity index (χ1v) is 6.76. The highest BCUT2D eigenvalue weighted by atomic mass is 17.1. The zero-order valence-electron chi connectivity index (χ0n) is 13.2. The third-order valence-electron chi connectivity index (χ3n) is 3.30. The summed E-state index contributed by atoms with van der Waals surface area (Å²) in [5.41, 5.74) is 7.38. The van der Waals surface area contributed by atoms with Gasteiger partial charge in [-0.2, -0.15) is 0 Å². The Bertz CT molecular complexity index is 472. The number of rotatable bonds is 3. The molecule has 1 aromatic carbocycles. The van der Waals surface area contributed by atoms with E-state index in [1.807, 2.05) is 41.5 Å². The standard InChI is InChI=1S/C16H25NO3/c1-15(2,3)11-7-10(20-19)8-12(16(4,5)6)14(11)13(18)9-17/h7-8,19H,9,17H2,1-6H3. The van der Waals surface area contributed by atoms with Crippen molar-refractivity contribution in [2.24, 2.45) is 5.73 Å². The van der Waals surface area contributed by atoms with Crippen LogP contribution in [0.15, 0.2) is 12.1 Å². The Labute approximate surface area is 120 Å². The van der Waals surface area contributed by atoms with Gasteiger partial charge in [0.25, 0.3) is 0 Å². The molecule has 0 heterocycles. The lowest BCUT2D eigenvalue weighted by Gasteiger charge is -2.29. The molecule has 0 bridgehead atoms. The zero-order valence-corrected chi connectivity index (χ0v) is 13.2. The average Bonchev–Trinajstić information content (AvgIpc) is 2.34. The van der Waals surface area contributed by atoms with Gasteiger partial charge in [0, 0.05) is 5.56 Å². The summed E-state index contributed by atoms with van der Waals surface area (Å²) >= 11 is 0. The number of nitrogens with two attached hydrogens (primary N) is 1. The summed E-state index contributed by atoms with van der Waals surface area (Å²) in [7, 11) is 0. The van der Waals surface area contributed by atoms with Crippen molar-refractivity contribution in [2.45, 2.75) is 52.4 Å². The van der Waals surface area contributed by atoms with E-state index in [9.17, 15) is 4.79 Å². The highest BCUT2D eigenvalue weighted by Crippen LogP contribution is 2.37. The van der Waals surface area contributed by atoms with Crippen LogP contribution in [0.1, 0.15) is 63.0 Å². The van der Waals surface area contributed by atoms with E-state index in [4.69, 9.17) is 11.0 Å². The van der Waals surface area contributed by atoms with E-state index < -0.39 is 0 Å². The maximum Gasteiger partial charge on any atom is 0.176 e. The molecule has 0 fully saturated rings. The van der Waals surface area contributed by atoms with E-state index in [2.05, 4.69) is 4.89 Å². The predicted molar refractivity (Wildman–Crippen MR) is 80.5 cm³/mol. The van der Waals surface area contributed by atoms with Crippen LogP contribution >= 0.6 is 0 Å². The first-order chi connectivity index (χ1) is 9.02. The average molecular weight is 279 g/mol. The summed E-state index contributed by atoms with van der Waals surface area (Å²) in [6.07, 6.45) is 0. The van der Waals surface area contributed by atoms with Crippen LogP contribution < -0.4 is 10.6 Å². The molecule has 1 aromatic rings. The highest BCUT2D eigenvalue weighted by Gasteiger charge is 2.29. The minimum atomic E-state index is -0.255. The number of carbonyl (C=O) groups is 1. The summed E-state index contributed by atoms with van der Waals surface area (Å²) in [5, 5.41) is 9.00. The molecule has 0 aromatic heterocycles. The molecule has 112 valence electrons. The van der Waals surface area contributed by atoms with Crippen molar-refractivity contribution >= 4 is 5.78 Å². The first-order valence-electron chi connectivity index (χ1n) is 6.76. The van der Waals surface area contributed by atoms with Gasteiger partial charge in [0.05, 0.1) is 6.54 Å². The lowest BCUT2D eigenvalue weighted by Crippen LogP contribution is -2.27. The summed E-state index contributed by atoms with van der Waals surface area (Å²) in [4.78, 5) is 16.7. The van der Waals surface area contributed by atoms with Crippen LogP contribution in [0.3, 0.4) is 0 Å². The summed E-state index contributed by atoms with van der Waals surface area (Å²) in [6.45, 7) is 12.1. The van der Waals surface area contributed by atoms with E-state index in [0.717, 1.165) is 11.1 Å². The number of benzene rings is 1. The molecule has 3 N–H and O–H groups in total. The summed E-state index contributed by atoms with van der Waals surface area (Å²) in [5.74, 6) is 0.248. The molecule has 20 heavy (non-hydrogen) atoms. The number of hydrogen-bond acceptors (Lipinski definition) is 4. The monoisotopic (exact) mass is 279 g/mol. The van der Waals surface area contributed by atoms with Crippen molar-refractivity contribution in [2.75, 3.05) is 6.54 Å². The fraction of sp³-hybridized carbons (Fsp3) is 0.562. The predicted octanol–water partition coefficient (Wildman–Crippen LogP) is 3.27. The molecule has 0 amide bonds. The Morgan fingerprint density at radius 2 is 1.50 bits per heavy atom. The molecular weight excluding hydrogens is 254 g/mol. The van der Waals surface area contributed by atoms with Gasteiger partial charge in [-0.1, -0.05) is 41.5 Å². The number of hydrogen-bond donors (Lipinski definition) is 2. The second kappa shape index (κ2) is 5.54. The Balaban J connectivity index is 3.77. The van der Waals surface area contributed by atoms with E-state index in [0.29, 0.717) is 11.3 Å². The molecule has 0 spiro atoms. The smallest absolute Gasteiger partial charge is 0.176 e. The quantitative estimate of drug-likeness (QED) is 0.506. The maximum atomic E-state index is 12.3. The van der Waals surface area contributed by atoms with Crippen molar-refractivity contribution in [3.8, 4) is 5.75 Å². The third kappa shape index (κ3) is 3.38. The lowest BCUT2D eigenvalue weighted by molar-refractivity contribution is -0.137. The Hall–Kier alpha value is -1.39. The molecule has 4 nitrogen and oxygen atoms in total. The third-order valence-corrected chi connectivity index (χ3v) is 3.30. The normalized spacial score (nSPS) is 12.4. The maximum absolute atomic E-state index is 12.3. The topological polar surface area (TPSA) is 72.5 Å². The van der Waals surface area contributed by atoms with E-state index >= 15 is 0 Å². The van der Waals surface area contributed by atoms with Gasteiger partial charge in [-0.3, -0.25) is 4.79 Å². The van der Waals surface area contributed by atoms with Gasteiger partial charge in [0.1, 0.15) is 0 Å². The van der Waals surface area contributed by atoms with Crippen LogP contribution in [-0.4, -0.2) is 17.6 Å². The van der Waals surface area contributed by atoms with Crippen LogP contribution in [0.25, 0.3) is 0 Å². The van der Waals surface area contributed by atoms with Crippen LogP contribution in [0.2, 0.25) is 0 Å². The van der Waals surface area contributed by atoms with Crippen LogP contribution in [-0.2, 0) is 10.8 Å². The molecule has 0 aliphatic carbocycles. The van der Waals surface area contributed by atoms with Gasteiger partial charge in [-0.15, -0.1) is 0 Å². The Morgan fingerprint density at radius 3 is 1.75 bits per heavy atom. The van der Waals surface area contributed by atoms with Gasteiger partial charge in [0.2, 0.25) is 0 Å². The minimum absolute atomic E-state index is 0.0362. The fourth-order valence-electron chi connectivity index (χ4n) is 2.25. The molecular formula is C16H25NO3. The van der Waals surface area contributed by atoms with E-state index in [1.54, 1.807) is 12.1 Å². The van der Waals surface area contributed by atoms with Crippen molar-refractivity contribution in [3.63, 3.8) is 0 Å². The van der Waals surface area contributed by atoms with Crippen LogP contribution in [0, 0.1) is 0 Å². The van der Waals surface area contributed by atoms with E-state index in [-0.39, 0.29) is 23.2 Å². The molecule has 0 saturated carbocycles. The number of Topliss-reactive ketones (excluding diaryl/α,β-unsaturated/α-hetero) is 1. The van der Waals surface area contributed by atoms with Gasteiger partial charge < -0.3 is 10.6 Å². The second-order valence-electron chi connectivity index (χ2n) is 7.11. The van der Waals surface area contributed by atoms with Gasteiger partial charge >= 0.3 is 0 Å². The molecule has 0 atom stereocenters. The molecule has 0 aliphatic rings. The molecule has 0 saturated heterocycles. The number of carbonyl (C=O) groups excluding carboxylic acids is 1. The molecule has 0 radical (unpaired) electrons. The van der Waals surface area contributed by atoms with Crippen LogP contribution in [0.5, 0.6) is 5.75 Å². The highest BCUT2D eigenvalue weighted by molar-refractivity contribution is 6.01. The van der Waals surface area contributed by atoms with Crippen molar-refractivity contribution in [1.29, 1.82) is 0 Å². The first kappa shape index (κ1) is 16.7. The van der Waals surface area contributed by atoms with Gasteiger partial charge in [-0.05, 0) is 34.1 Å². The largest absolute Gasteiger partial charge is 0.340 e. The van der Waals surface area contributed by atoms with Crippen molar-refractivity contribution in [1.82, 2.24) is 0 Å². The molecule has 0 unspecified atom stereocenters. The summed E-state index contributed by atoms with van der Waals surface area (Å²) in [6, 6.07) is 3.41. The second-order valence-corrected chi connectivity index (χ2v) is 7.11. The Kier molecular flexibility index (Phi) is 4.62. The van der Waals surface area contributed by atoms with Crippen LogP contribution in [0.4, 0.5) is 0 Å². The van der Waals surface area contributed by atoms with Crippen molar-refractivity contribution < 1.29 is 14.9 Å². The molecule has 4 heteroatoms. The minimum Gasteiger partial charge on any atom is -0.340 e. The molecule has 1 rings (SSSR count). The SMILES string of the molecule is CC(C)(C)c1cc(OO)cc(C(C)(C)C)c1C(=O)CN. The van der Waals surface area contributed by atoms with Gasteiger partial charge in [-0.25, -0.2) is 5.26 Å². The lowest BCUT2D eigenvalue weighted by atomic mass is 9.75. The number of ketones is 1. The van der Waals surface area contributed by atoms with E-state index in [1.165, 1.54) is 0 Å².